The summed E-state index contributed by atoms with van der Waals surface area (Å²) in [6.07, 6.45) is 1.53. The largest absolute Gasteiger partial charge is 0.454 e. The topological polar surface area (TPSA) is 94.5 Å². The van der Waals surface area contributed by atoms with Gasteiger partial charge in [0, 0.05) is 16.8 Å². The van der Waals surface area contributed by atoms with E-state index in [0.29, 0.717) is 28.6 Å². The van der Waals surface area contributed by atoms with E-state index in [-0.39, 0.29) is 5.69 Å². The molecular formula is C36H27N5O3. The predicted octanol–water partition coefficient (Wildman–Crippen LogP) is 8.01. The number of para-hydroxylation sites is 2. The summed E-state index contributed by atoms with van der Waals surface area (Å²) in [5.74, 6) is 1.15. The van der Waals surface area contributed by atoms with Gasteiger partial charge < -0.3 is 9.15 Å². The molecule has 0 unspecified atom stereocenters. The van der Waals surface area contributed by atoms with Crippen molar-refractivity contribution >= 4 is 34.0 Å². The highest BCUT2D eigenvalue weighted by atomic mass is 16.5. The van der Waals surface area contributed by atoms with E-state index in [2.05, 4.69) is 15.6 Å². The molecule has 0 aliphatic rings. The van der Waals surface area contributed by atoms with Gasteiger partial charge in [-0.2, -0.15) is 10.2 Å². The second-order valence-corrected chi connectivity index (χ2v) is 10.5. The quantitative estimate of drug-likeness (QED) is 0.153. The van der Waals surface area contributed by atoms with Crippen LogP contribution in [0.1, 0.15) is 27.2 Å². The van der Waals surface area contributed by atoms with E-state index >= 15 is 0 Å². The van der Waals surface area contributed by atoms with Crippen LogP contribution in [0.25, 0.3) is 39.0 Å². The number of ether oxygens (including phenoxy) is 1. The van der Waals surface area contributed by atoms with Crippen LogP contribution in [-0.4, -0.2) is 26.9 Å². The van der Waals surface area contributed by atoms with Crippen molar-refractivity contribution in [2.24, 2.45) is 5.10 Å². The molecule has 0 saturated carbocycles. The summed E-state index contributed by atoms with van der Waals surface area (Å²) in [6, 6.07) is 36.7. The molecule has 0 fully saturated rings. The van der Waals surface area contributed by atoms with Crippen LogP contribution in [0.4, 0.5) is 0 Å². The van der Waals surface area contributed by atoms with Gasteiger partial charge in [-0.25, -0.2) is 15.1 Å². The molecule has 3 aromatic heterocycles. The number of fused-ring (bicyclic) bond motifs is 2. The van der Waals surface area contributed by atoms with E-state index in [1.165, 1.54) is 6.21 Å². The van der Waals surface area contributed by atoms with Gasteiger partial charge in [0.05, 0.1) is 23.0 Å². The number of furan rings is 1. The first-order valence-electron chi connectivity index (χ1n) is 14.1. The minimum Gasteiger partial charge on any atom is -0.454 e. The summed E-state index contributed by atoms with van der Waals surface area (Å²) in [5, 5.41) is 10.8. The van der Waals surface area contributed by atoms with Crippen LogP contribution in [0.2, 0.25) is 0 Å². The molecule has 1 amide bonds. The molecule has 44 heavy (non-hydrogen) atoms. The lowest BCUT2D eigenvalue weighted by Crippen LogP contribution is -2.18. The number of nitrogens with one attached hydrogen (secondary N) is 1. The number of nitrogens with zero attached hydrogens (tertiary/aromatic N) is 4. The molecule has 0 aliphatic heterocycles. The minimum absolute atomic E-state index is 0.185. The zero-order valence-electron chi connectivity index (χ0n) is 24.1. The van der Waals surface area contributed by atoms with Crippen LogP contribution in [0.15, 0.2) is 125 Å². The Kier molecular flexibility index (Phi) is 6.92. The zero-order valence-corrected chi connectivity index (χ0v) is 24.1. The maximum atomic E-state index is 13.3. The molecule has 3 heterocycles. The lowest BCUT2D eigenvalue weighted by molar-refractivity contribution is 0.0949. The first-order chi connectivity index (χ1) is 21.5. The van der Waals surface area contributed by atoms with E-state index < -0.39 is 5.91 Å². The number of aryl methyl sites for hydroxylation is 2. The van der Waals surface area contributed by atoms with Crippen LogP contribution >= 0.6 is 0 Å². The van der Waals surface area contributed by atoms with E-state index in [4.69, 9.17) is 14.1 Å². The molecule has 7 aromatic rings. The zero-order chi connectivity index (χ0) is 30.0. The number of carbonyl (C=O) groups excluding carboxylic acids is 1. The van der Waals surface area contributed by atoms with Gasteiger partial charge in [0.1, 0.15) is 17.0 Å². The standard InChI is InChI=1S/C36H27N5O3/c1-23-12-15-29(16-13-23)43-36-27(19-26-18-24(2)14-17-30(26)38-36)22-37-39-35(42)31-21-32(41(40-31)28-9-4-3-5-10-28)34-20-25-8-6-7-11-33(25)44-34/h3-22H,1-2H3,(H,39,42)/b37-22-. The molecule has 4 aromatic carbocycles. The summed E-state index contributed by atoms with van der Waals surface area (Å²) in [7, 11) is 0. The van der Waals surface area contributed by atoms with Crippen LogP contribution in [-0.2, 0) is 0 Å². The SMILES string of the molecule is Cc1ccc(Oc2nc3ccc(C)cc3cc2/C=N\NC(=O)c2cc(-c3cc4ccccc4o3)n(-c3ccccc3)n2)cc1. The number of hydrogen-bond acceptors (Lipinski definition) is 6. The van der Waals surface area contributed by atoms with Gasteiger partial charge >= 0.3 is 0 Å². The van der Waals surface area contributed by atoms with Crippen LogP contribution in [0, 0.1) is 13.8 Å². The number of carbonyl (C=O) groups is 1. The first kappa shape index (κ1) is 26.9. The van der Waals surface area contributed by atoms with Crippen LogP contribution < -0.4 is 10.2 Å². The van der Waals surface area contributed by atoms with Crippen molar-refractivity contribution in [2.75, 3.05) is 0 Å². The maximum absolute atomic E-state index is 13.3. The Bertz CT molecular complexity index is 2130. The molecule has 7 rings (SSSR count). The molecule has 0 atom stereocenters. The second kappa shape index (κ2) is 11.3. The highest BCUT2D eigenvalue weighted by molar-refractivity contribution is 5.96. The molecule has 0 saturated heterocycles. The van der Waals surface area contributed by atoms with Crippen LogP contribution in [0.3, 0.4) is 0 Å². The number of amides is 1. The Balaban J connectivity index is 1.20. The average Bonchev–Trinajstić information content (AvgIpc) is 3.68. The lowest BCUT2D eigenvalue weighted by atomic mass is 10.1. The normalized spacial score (nSPS) is 11.4. The van der Waals surface area contributed by atoms with Crippen molar-refractivity contribution in [1.29, 1.82) is 0 Å². The van der Waals surface area contributed by atoms with Crippen molar-refractivity contribution in [2.45, 2.75) is 13.8 Å². The van der Waals surface area contributed by atoms with E-state index in [1.54, 1.807) is 10.7 Å². The number of benzene rings is 4. The summed E-state index contributed by atoms with van der Waals surface area (Å²) < 4.78 is 14.0. The summed E-state index contributed by atoms with van der Waals surface area (Å²) in [4.78, 5) is 18.1. The number of aromatic nitrogens is 3. The van der Waals surface area contributed by atoms with E-state index in [1.807, 2.05) is 123 Å². The Labute approximate surface area is 253 Å². The lowest BCUT2D eigenvalue weighted by Gasteiger charge is -2.10. The molecule has 8 heteroatoms. The molecular weight excluding hydrogens is 550 g/mol. The van der Waals surface area contributed by atoms with E-state index in [9.17, 15) is 4.79 Å². The fourth-order valence-corrected chi connectivity index (χ4v) is 4.95. The van der Waals surface area contributed by atoms with Gasteiger partial charge in [-0.15, -0.1) is 0 Å². The molecule has 0 bridgehead atoms. The predicted molar refractivity (Wildman–Crippen MR) is 172 cm³/mol. The van der Waals surface area contributed by atoms with E-state index in [0.717, 1.165) is 38.7 Å². The van der Waals surface area contributed by atoms with Crippen LogP contribution in [0.5, 0.6) is 11.6 Å². The van der Waals surface area contributed by atoms with Crippen molar-refractivity contribution in [1.82, 2.24) is 20.2 Å². The first-order valence-corrected chi connectivity index (χ1v) is 14.1. The average molecular weight is 578 g/mol. The Morgan fingerprint density at radius 3 is 2.43 bits per heavy atom. The Morgan fingerprint density at radius 1 is 0.841 bits per heavy atom. The Hall–Kier alpha value is -6.02. The number of hydrazone groups is 1. The highest BCUT2D eigenvalue weighted by Crippen LogP contribution is 2.30. The maximum Gasteiger partial charge on any atom is 0.291 e. The van der Waals surface area contributed by atoms with Crippen molar-refractivity contribution in [3.8, 4) is 28.8 Å². The molecule has 0 aliphatic carbocycles. The monoisotopic (exact) mass is 577 g/mol. The smallest absolute Gasteiger partial charge is 0.291 e. The Morgan fingerprint density at radius 2 is 1.61 bits per heavy atom. The summed E-state index contributed by atoms with van der Waals surface area (Å²) in [6.45, 7) is 4.04. The minimum atomic E-state index is -0.473. The summed E-state index contributed by atoms with van der Waals surface area (Å²) in [5.41, 5.74) is 8.63. The van der Waals surface area contributed by atoms with Gasteiger partial charge in [-0.1, -0.05) is 65.7 Å². The fourth-order valence-electron chi connectivity index (χ4n) is 4.95. The third kappa shape index (κ3) is 5.44. The molecule has 214 valence electrons. The second-order valence-electron chi connectivity index (χ2n) is 10.5. The number of hydrogen-bond donors (Lipinski definition) is 1. The van der Waals surface area contributed by atoms with Crippen molar-refractivity contribution in [3.63, 3.8) is 0 Å². The van der Waals surface area contributed by atoms with Crippen molar-refractivity contribution in [3.05, 3.63) is 138 Å². The third-order valence-electron chi connectivity index (χ3n) is 7.19. The van der Waals surface area contributed by atoms with Gasteiger partial charge in [-0.05, 0) is 68.4 Å². The molecule has 8 nitrogen and oxygen atoms in total. The van der Waals surface area contributed by atoms with Crippen molar-refractivity contribution < 1.29 is 13.9 Å². The fraction of sp³-hybridized carbons (Fsp3) is 0.0556. The molecule has 1 N–H and O–H groups in total. The number of pyridine rings is 1. The molecule has 0 radical (unpaired) electrons. The van der Waals surface area contributed by atoms with Gasteiger partial charge in [0.2, 0.25) is 5.88 Å². The third-order valence-corrected chi connectivity index (χ3v) is 7.19. The van der Waals surface area contributed by atoms with Gasteiger partial charge in [0.25, 0.3) is 5.91 Å². The van der Waals surface area contributed by atoms with Gasteiger partial charge in [-0.3, -0.25) is 4.79 Å². The molecule has 0 spiro atoms. The van der Waals surface area contributed by atoms with Gasteiger partial charge in [0.15, 0.2) is 11.5 Å². The summed E-state index contributed by atoms with van der Waals surface area (Å²) >= 11 is 0. The number of rotatable bonds is 7. The highest BCUT2D eigenvalue weighted by Gasteiger charge is 2.19.